The van der Waals surface area contributed by atoms with Gasteiger partial charge in [-0.15, -0.1) is 0 Å². The molecule has 1 aliphatic rings. The second-order valence-electron chi connectivity index (χ2n) is 4.94. The maximum absolute atomic E-state index is 12.3. The molecule has 21 heavy (non-hydrogen) atoms. The van der Waals surface area contributed by atoms with Crippen LogP contribution in [0.3, 0.4) is 0 Å². The van der Waals surface area contributed by atoms with Crippen molar-refractivity contribution < 1.29 is 18.3 Å². The number of hydrogen-bond donors (Lipinski definition) is 1. The fraction of sp³-hybridized carbons (Fsp3) is 0.462. The molecule has 0 unspecified atom stereocenters. The minimum absolute atomic E-state index is 0.0496. The number of carboxylic acid groups (broad SMARTS) is 1. The predicted molar refractivity (Wildman–Crippen MR) is 81.1 cm³/mol. The third-order valence-corrected chi connectivity index (χ3v) is 5.93. The van der Waals surface area contributed by atoms with E-state index in [1.54, 1.807) is 0 Å². The van der Waals surface area contributed by atoms with Gasteiger partial charge in [0.25, 0.3) is 0 Å². The molecule has 1 fully saturated rings. The Kier molecular flexibility index (Phi) is 5.14. The van der Waals surface area contributed by atoms with Gasteiger partial charge in [-0.25, -0.2) is 13.2 Å². The first-order valence-electron chi connectivity index (χ1n) is 6.49. The lowest BCUT2D eigenvalue weighted by Crippen LogP contribution is -2.26. The molecule has 0 spiro atoms. The molecule has 1 aromatic rings. The third-order valence-electron chi connectivity index (χ3n) is 3.46. The number of carboxylic acids is 1. The largest absolute Gasteiger partial charge is 0.478 e. The molecule has 1 heterocycles. The number of sulfone groups is 1. The minimum atomic E-state index is -3.65. The zero-order valence-electron chi connectivity index (χ0n) is 11.2. The topological polar surface area (TPSA) is 74.7 Å². The van der Waals surface area contributed by atoms with Gasteiger partial charge in [-0.2, -0.15) is 0 Å². The van der Waals surface area contributed by atoms with Crippen molar-refractivity contribution in [2.24, 2.45) is 0 Å². The van der Waals surface area contributed by atoms with Crippen LogP contribution in [0.4, 0.5) is 0 Å². The molecule has 0 saturated carbocycles. The summed E-state index contributed by atoms with van der Waals surface area (Å²) in [4.78, 5) is 12.9. The Morgan fingerprint density at radius 1 is 1.19 bits per heavy atom. The minimum Gasteiger partial charge on any atom is -0.478 e. The maximum atomic E-state index is 12.3. The summed E-state index contributed by atoms with van der Waals surface area (Å²) in [6.07, 6.45) is 2.15. The van der Waals surface area contributed by atoms with E-state index in [0.29, 0.717) is 6.54 Å². The summed E-state index contributed by atoms with van der Waals surface area (Å²) in [7, 11) is -3.65. The van der Waals surface area contributed by atoms with Crippen molar-refractivity contribution in [3.8, 4) is 0 Å². The average Bonchev–Trinajstić information content (AvgIpc) is 2.88. The van der Waals surface area contributed by atoms with Crippen molar-refractivity contribution in [2.75, 3.05) is 25.4 Å². The second-order valence-corrected chi connectivity index (χ2v) is 7.83. The highest BCUT2D eigenvalue weighted by molar-refractivity contribution is 7.91. The number of rotatable bonds is 5. The van der Waals surface area contributed by atoms with Gasteiger partial charge >= 0.3 is 5.97 Å². The Balaban J connectivity index is 2.26. The third kappa shape index (κ3) is 3.88. The first-order valence-corrected chi connectivity index (χ1v) is 8.89. The Bertz CT molecular complexity index is 654. The molecule has 1 aliphatic heterocycles. The molecule has 0 atom stereocenters. The van der Waals surface area contributed by atoms with Crippen molar-refractivity contribution in [1.29, 1.82) is 0 Å². The summed E-state index contributed by atoms with van der Waals surface area (Å²) in [5, 5.41) is 8.89. The van der Waals surface area contributed by atoms with Gasteiger partial charge in [0.05, 0.1) is 26.3 Å². The maximum Gasteiger partial charge on any atom is 0.337 e. The SMILES string of the molecule is O=C(O)c1cc(S(=O)(=O)CCN2CCCC2)c(Cl)cc1Cl. The van der Waals surface area contributed by atoms with Crippen LogP contribution in [-0.4, -0.2) is 49.8 Å². The zero-order valence-corrected chi connectivity index (χ0v) is 13.5. The summed E-state index contributed by atoms with van der Waals surface area (Å²) < 4.78 is 24.7. The lowest BCUT2D eigenvalue weighted by atomic mass is 10.2. The van der Waals surface area contributed by atoms with E-state index in [2.05, 4.69) is 4.90 Å². The number of aromatic carboxylic acids is 1. The lowest BCUT2D eigenvalue weighted by molar-refractivity contribution is 0.0697. The molecule has 1 aromatic carbocycles. The van der Waals surface area contributed by atoms with Gasteiger partial charge in [-0.3, -0.25) is 0 Å². The molecule has 1 saturated heterocycles. The van der Waals surface area contributed by atoms with E-state index < -0.39 is 15.8 Å². The Morgan fingerprint density at radius 3 is 2.38 bits per heavy atom. The first kappa shape index (κ1) is 16.5. The lowest BCUT2D eigenvalue weighted by Gasteiger charge is -2.15. The first-order chi connectivity index (χ1) is 9.81. The number of benzene rings is 1. The predicted octanol–water partition coefficient (Wildman–Crippen LogP) is 2.56. The van der Waals surface area contributed by atoms with E-state index in [9.17, 15) is 13.2 Å². The standard InChI is InChI=1S/C13H15Cl2NO4S/c14-10-8-11(15)12(7-9(10)13(17)18)21(19,20)6-5-16-3-1-2-4-16/h7-8H,1-6H2,(H,17,18). The van der Waals surface area contributed by atoms with E-state index >= 15 is 0 Å². The van der Waals surface area contributed by atoms with Gasteiger partial charge < -0.3 is 10.0 Å². The summed E-state index contributed by atoms with van der Waals surface area (Å²) in [6, 6.07) is 2.20. The molecule has 0 radical (unpaired) electrons. The molecule has 8 heteroatoms. The molecule has 0 bridgehead atoms. The van der Waals surface area contributed by atoms with E-state index in [-0.39, 0.29) is 26.3 Å². The van der Waals surface area contributed by atoms with Gasteiger partial charge in [-0.1, -0.05) is 23.2 Å². The van der Waals surface area contributed by atoms with Crippen LogP contribution < -0.4 is 0 Å². The van der Waals surface area contributed by atoms with E-state index in [1.165, 1.54) is 0 Å². The van der Waals surface area contributed by atoms with Gasteiger partial charge in [0.2, 0.25) is 0 Å². The van der Waals surface area contributed by atoms with Crippen molar-refractivity contribution in [3.05, 3.63) is 27.7 Å². The number of nitrogens with zero attached hydrogens (tertiary/aromatic N) is 1. The van der Waals surface area contributed by atoms with Crippen molar-refractivity contribution in [1.82, 2.24) is 4.90 Å². The van der Waals surface area contributed by atoms with Crippen LogP contribution >= 0.6 is 23.2 Å². The van der Waals surface area contributed by atoms with Crippen LogP contribution in [0, 0.1) is 0 Å². The van der Waals surface area contributed by atoms with Crippen LogP contribution in [0.15, 0.2) is 17.0 Å². The molecule has 0 aliphatic carbocycles. The highest BCUT2D eigenvalue weighted by atomic mass is 35.5. The van der Waals surface area contributed by atoms with Crippen molar-refractivity contribution >= 4 is 39.0 Å². The molecule has 2 rings (SSSR count). The molecule has 116 valence electrons. The Morgan fingerprint density at radius 2 is 1.81 bits per heavy atom. The molecule has 0 aromatic heterocycles. The molecular weight excluding hydrogens is 337 g/mol. The second kappa shape index (κ2) is 6.52. The summed E-state index contributed by atoms with van der Waals surface area (Å²) in [6.45, 7) is 2.21. The number of likely N-dealkylation sites (tertiary alicyclic amines) is 1. The highest BCUT2D eigenvalue weighted by Crippen LogP contribution is 2.29. The van der Waals surface area contributed by atoms with Crippen molar-refractivity contribution in [3.63, 3.8) is 0 Å². The molecular formula is C13H15Cl2NO4S. The van der Waals surface area contributed by atoms with Crippen LogP contribution in [0.25, 0.3) is 0 Å². The summed E-state index contributed by atoms with van der Waals surface area (Å²) >= 11 is 11.7. The Hall–Kier alpha value is -0.820. The molecule has 5 nitrogen and oxygen atoms in total. The number of carbonyl (C=O) groups is 1. The summed E-state index contributed by atoms with van der Waals surface area (Å²) in [5.41, 5.74) is -0.263. The van der Waals surface area contributed by atoms with Crippen molar-refractivity contribution in [2.45, 2.75) is 17.7 Å². The van der Waals surface area contributed by atoms with Gasteiger partial charge in [-0.05, 0) is 38.1 Å². The smallest absolute Gasteiger partial charge is 0.337 e. The van der Waals surface area contributed by atoms with Crippen LogP contribution in [0.2, 0.25) is 10.0 Å². The fourth-order valence-corrected chi connectivity index (χ4v) is 4.49. The van der Waals surface area contributed by atoms with Gasteiger partial charge in [0, 0.05) is 6.54 Å². The highest BCUT2D eigenvalue weighted by Gasteiger charge is 2.24. The molecule has 0 amide bonds. The monoisotopic (exact) mass is 351 g/mol. The molecule has 1 N–H and O–H groups in total. The number of halogens is 2. The van der Waals surface area contributed by atoms with Gasteiger partial charge in [0.15, 0.2) is 9.84 Å². The Labute approximate surface area is 133 Å². The normalized spacial score (nSPS) is 16.3. The quantitative estimate of drug-likeness (QED) is 0.882. The van der Waals surface area contributed by atoms with E-state index in [1.807, 2.05) is 0 Å². The van der Waals surface area contributed by atoms with Crippen LogP contribution in [0.5, 0.6) is 0 Å². The van der Waals surface area contributed by atoms with E-state index in [0.717, 1.165) is 38.1 Å². The van der Waals surface area contributed by atoms with E-state index in [4.69, 9.17) is 28.3 Å². The number of hydrogen-bond acceptors (Lipinski definition) is 4. The fourth-order valence-electron chi connectivity index (χ4n) is 2.30. The average molecular weight is 352 g/mol. The van der Waals surface area contributed by atoms with Gasteiger partial charge in [0.1, 0.15) is 0 Å². The van der Waals surface area contributed by atoms with Crippen LogP contribution in [-0.2, 0) is 9.84 Å². The van der Waals surface area contributed by atoms with Crippen LogP contribution in [0.1, 0.15) is 23.2 Å². The summed E-state index contributed by atoms with van der Waals surface area (Å²) in [5.74, 6) is -1.37. The zero-order chi connectivity index (χ0) is 15.6.